The Bertz CT molecular complexity index is 467. The summed E-state index contributed by atoms with van der Waals surface area (Å²) in [6, 6.07) is 17.7. The first kappa shape index (κ1) is 12.1. The fraction of sp³-hybridized carbons (Fsp3) is 0.200. The normalized spacial score (nSPS) is 12.3. The lowest BCUT2D eigenvalue weighted by Gasteiger charge is -2.12. The minimum atomic E-state index is 0.0800. The molecule has 0 spiro atoms. The Kier molecular flexibility index (Phi) is 4.10. The van der Waals surface area contributed by atoms with Crippen LogP contribution in [0.5, 0.6) is 5.75 Å². The predicted octanol–water partition coefficient (Wildman–Crippen LogP) is 4.00. The molecule has 2 rings (SSSR count). The SMILES string of the molecule is Oc1ccccc1C(S)CCc1ccccc1. The summed E-state index contributed by atoms with van der Waals surface area (Å²) in [6.45, 7) is 0. The van der Waals surface area contributed by atoms with E-state index in [4.69, 9.17) is 0 Å². The minimum absolute atomic E-state index is 0.0800. The average molecular weight is 244 g/mol. The first-order valence-corrected chi connectivity index (χ1v) is 6.29. The first-order valence-electron chi connectivity index (χ1n) is 5.77. The van der Waals surface area contributed by atoms with E-state index in [2.05, 4.69) is 24.8 Å². The molecule has 2 heteroatoms. The molecular formula is C15H16OS. The van der Waals surface area contributed by atoms with Crippen molar-refractivity contribution in [3.05, 3.63) is 65.7 Å². The molecule has 2 aromatic rings. The Labute approximate surface area is 108 Å². The van der Waals surface area contributed by atoms with Gasteiger partial charge >= 0.3 is 0 Å². The summed E-state index contributed by atoms with van der Waals surface area (Å²) in [5.41, 5.74) is 2.22. The lowest BCUT2D eigenvalue weighted by Crippen LogP contribution is -1.94. The number of benzene rings is 2. The van der Waals surface area contributed by atoms with Gasteiger partial charge in [0.15, 0.2) is 0 Å². The maximum absolute atomic E-state index is 9.73. The molecule has 2 aromatic carbocycles. The molecule has 0 amide bonds. The van der Waals surface area contributed by atoms with Crippen LogP contribution in [0.3, 0.4) is 0 Å². The van der Waals surface area contributed by atoms with E-state index in [0.29, 0.717) is 5.75 Å². The van der Waals surface area contributed by atoms with Crippen LogP contribution >= 0.6 is 12.6 Å². The summed E-state index contributed by atoms with van der Waals surface area (Å²) in [4.78, 5) is 0. The highest BCUT2D eigenvalue weighted by Crippen LogP contribution is 2.31. The van der Waals surface area contributed by atoms with Crippen LogP contribution in [0.2, 0.25) is 0 Å². The van der Waals surface area contributed by atoms with Gasteiger partial charge < -0.3 is 5.11 Å². The molecule has 0 bridgehead atoms. The topological polar surface area (TPSA) is 20.2 Å². The quantitative estimate of drug-likeness (QED) is 0.779. The van der Waals surface area contributed by atoms with E-state index in [-0.39, 0.29) is 5.25 Å². The van der Waals surface area contributed by atoms with Crippen LogP contribution in [0.25, 0.3) is 0 Å². The molecular weight excluding hydrogens is 228 g/mol. The fourth-order valence-corrected chi connectivity index (χ4v) is 2.22. The third kappa shape index (κ3) is 3.27. The highest BCUT2D eigenvalue weighted by molar-refractivity contribution is 7.80. The van der Waals surface area contributed by atoms with Crippen molar-refractivity contribution in [1.82, 2.24) is 0 Å². The standard InChI is InChI=1S/C15H16OS/c16-14-9-5-4-8-13(14)15(17)11-10-12-6-2-1-3-7-12/h1-9,15-17H,10-11H2. The molecule has 0 aliphatic heterocycles. The van der Waals surface area contributed by atoms with Crippen LogP contribution in [0.4, 0.5) is 0 Å². The molecule has 0 heterocycles. The van der Waals surface area contributed by atoms with Crippen molar-refractivity contribution in [3.8, 4) is 5.75 Å². The molecule has 0 saturated carbocycles. The molecule has 1 atom stereocenters. The summed E-state index contributed by atoms with van der Waals surface area (Å²) in [6.07, 6.45) is 1.90. The van der Waals surface area contributed by atoms with E-state index in [1.165, 1.54) is 5.56 Å². The lowest BCUT2D eigenvalue weighted by atomic mass is 10.0. The highest BCUT2D eigenvalue weighted by atomic mass is 32.1. The van der Waals surface area contributed by atoms with Crippen molar-refractivity contribution in [2.45, 2.75) is 18.1 Å². The zero-order valence-electron chi connectivity index (χ0n) is 9.58. The van der Waals surface area contributed by atoms with Gasteiger partial charge in [0.25, 0.3) is 0 Å². The number of phenolic OH excluding ortho intramolecular Hbond substituents is 1. The van der Waals surface area contributed by atoms with Gasteiger partial charge in [0.05, 0.1) is 0 Å². The summed E-state index contributed by atoms with van der Waals surface area (Å²) < 4.78 is 0. The smallest absolute Gasteiger partial charge is 0.119 e. The minimum Gasteiger partial charge on any atom is -0.508 e. The van der Waals surface area contributed by atoms with E-state index >= 15 is 0 Å². The van der Waals surface area contributed by atoms with Crippen LogP contribution in [0, 0.1) is 0 Å². The van der Waals surface area contributed by atoms with Gasteiger partial charge in [-0.25, -0.2) is 0 Å². The molecule has 0 fully saturated rings. The van der Waals surface area contributed by atoms with E-state index in [1.54, 1.807) is 6.07 Å². The van der Waals surface area contributed by atoms with E-state index < -0.39 is 0 Å². The first-order chi connectivity index (χ1) is 8.27. The van der Waals surface area contributed by atoms with Crippen molar-refractivity contribution >= 4 is 12.6 Å². The Hall–Kier alpha value is -1.41. The summed E-state index contributed by atoms with van der Waals surface area (Å²) in [5.74, 6) is 0.334. The van der Waals surface area contributed by atoms with Crippen LogP contribution in [-0.2, 0) is 6.42 Å². The summed E-state index contributed by atoms with van der Waals surface area (Å²) in [7, 11) is 0. The molecule has 88 valence electrons. The number of thiol groups is 1. The molecule has 0 aromatic heterocycles. The predicted molar refractivity (Wildman–Crippen MR) is 74.6 cm³/mol. The average Bonchev–Trinajstić information content (AvgIpc) is 2.38. The van der Waals surface area contributed by atoms with Crippen molar-refractivity contribution < 1.29 is 5.11 Å². The van der Waals surface area contributed by atoms with E-state index in [9.17, 15) is 5.11 Å². The molecule has 0 aliphatic rings. The lowest BCUT2D eigenvalue weighted by molar-refractivity contribution is 0.466. The maximum Gasteiger partial charge on any atom is 0.119 e. The number of phenols is 1. The molecule has 1 nitrogen and oxygen atoms in total. The van der Waals surface area contributed by atoms with Gasteiger partial charge in [-0.1, -0.05) is 48.5 Å². The third-order valence-electron chi connectivity index (χ3n) is 2.85. The second-order valence-electron chi connectivity index (χ2n) is 4.10. The van der Waals surface area contributed by atoms with Crippen LogP contribution in [0.15, 0.2) is 54.6 Å². The molecule has 17 heavy (non-hydrogen) atoms. The van der Waals surface area contributed by atoms with Crippen LogP contribution in [0.1, 0.15) is 22.8 Å². The number of hydrogen-bond donors (Lipinski definition) is 2. The Morgan fingerprint density at radius 3 is 2.29 bits per heavy atom. The maximum atomic E-state index is 9.73. The van der Waals surface area contributed by atoms with Gasteiger partial charge in [-0.2, -0.15) is 12.6 Å². The van der Waals surface area contributed by atoms with Crippen molar-refractivity contribution in [3.63, 3.8) is 0 Å². The van der Waals surface area contributed by atoms with Crippen molar-refractivity contribution in [2.24, 2.45) is 0 Å². The zero-order chi connectivity index (χ0) is 12.1. The van der Waals surface area contributed by atoms with Crippen molar-refractivity contribution in [1.29, 1.82) is 0 Å². The summed E-state index contributed by atoms with van der Waals surface area (Å²) in [5, 5.41) is 9.81. The van der Waals surface area contributed by atoms with Gasteiger partial charge in [0.1, 0.15) is 5.75 Å². The van der Waals surface area contributed by atoms with Crippen LogP contribution in [-0.4, -0.2) is 5.11 Å². The number of para-hydroxylation sites is 1. The third-order valence-corrected chi connectivity index (χ3v) is 3.38. The second kappa shape index (κ2) is 5.78. The number of hydrogen-bond acceptors (Lipinski definition) is 2. The van der Waals surface area contributed by atoms with Gasteiger partial charge in [0.2, 0.25) is 0 Å². The Balaban J connectivity index is 1.99. The monoisotopic (exact) mass is 244 g/mol. The summed E-state index contributed by atoms with van der Waals surface area (Å²) >= 11 is 4.56. The molecule has 1 N–H and O–H groups in total. The van der Waals surface area contributed by atoms with E-state index in [0.717, 1.165) is 18.4 Å². The zero-order valence-corrected chi connectivity index (χ0v) is 10.5. The van der Waals surface area contributed by atoms with Crippen LogP contribution < -0.4 is 0 Å². The number of aromatic hydroxyl groups is 1. The van der Waals surface area contributed by atoms with Crippen molar-refractivity contribution in [2.75, 3.05) is 0 Å². The molecule has 1 unspecified atom stereocenters. The highest BCUT2D eigenvalue weighted by Gasteiger charge is 2.10. The second-order valence-corrected chi connectivity index (χ2v) is 4.72. The molecule has 0 radical (unpaired) electrons. The fourth-order valence-electron chi connectivity index (χ4n) is 1.87. The largest absolute Gasteiger partial charge is 0.508 e. The molecule has 0 aliphatic carbocycles. The Morgan fingerprint density at radius 2 is 1.59 bits per heavy atom. The van der Waals surface area contributed by atoms with Gasteiger partial charge in [-0.3, -0.25) is 0 Å². The number of aryl methyl sites for hydroxylation is 1. The van der Waals surface area contributed by atoms with Gasteiger partial charge in [-0.05, 0) is 24.5 Å². The van der Waals surface area contributed by atoms with E-state index in [1.807, 2.05) is 36.4 Å². The molecule has 0 saturated heterocycles. The number of rotatable bonds is 4. The Morgan fingerprint density at radius 1 is 0.941 bits per heavy atom. The van der Waals surface area contributed by atoms with Gasteiger partial charge in [0, 0.05) is 10.8 Å². The van der Waals surface area contributed by atoms with Gasteiger partial charge in [-0.15, -0.1) is 0 Å².